The number of carbonyl (C=O) groups excluding carboxylic acids is 2. The summed E-state index contributed by atoms with van der Waals surface area (Å²) in [4.78, 5) is 28.5. The molecule has 0 spiro atoms. The van der Waals surface area contributed by atoms with E-state index in [0.717, 1.165) is 0 Å². The highest BCUT2D eigenvalue weighted by atomic mass is 35.6. The number of hydrogen-bond acceptors (Lipinski definition) is 5. The van der Waals surface area contributed by atoms with Gasteiger partial charge in [0, 0.05) is 11.8 Å². The Morgan fingerprint density at radius 2 is 1.87 bits per heavy atom. The quantitative estimate of drug-likeness (QED) is 0.554. The molecule has 0 saturated carbocycles. The van der Waals surface area contributed by atoms with E-state index in [1.807, 2.05) is 6.92 Å². The van der Waals surface area contributed by atoms with Crippen molar-refractivity contribution in [2.45, 2.75) is 56.5 Å². The molecule has 0 aromatic carbocycles. The number of nitrogens with zero attached hydrogens (tertiary/aromatic N) is 3. The highest BCUT2D eigenvalue weighted by Crippen LogP contribution is 2.40. The molecule has 0 N–H and O–H groups in total. The van der Waals surface area contributed by atoms with Gasteiger partial charge in [0.2, 0.25) is 3.79 Å². The third kappa shape index (κ3) is 5.62. The highest BCUT2D eigenvalue weighted by molar-refractivity contribution is 6.68. The summed E-state index contributed by atoms with van der Waals surface area (Å²) in [5.41, 5.74) is -0.762. The van der Waals surface area contributed by atoms with E-state index in [-0.39, 0.29) is 12.2 Å². The third-order valence-electron chi connectivity index (χ3n) is 3.05. The lowest BCUT2D eigenvalue weighted by atomic mass is 9.84. The Kier molecular flexibility index (Phi) is 6.86. The number of ketones is 1. The fourth-order valence-corrected chi connectivity index (χ4v) is 2.41. The van der Waals surface area contributed by atoms with Gasteiger partial charge < -0.3 is 4.74 Å². The number of Topliss-reactive ketones (excluding diaryl/α,β-unsaturated/α-hetero) is 1. The topological polar surface area (TPSA) is 74.1 Å². The molecular weight excluding hydrogens is 365 g/mol. The monoisotopic (exact) mass is 383 g/mol. The first kappa shape index (κ1) is 20.2. The molecule has 0 aliphatic carbocycles. The predicted molar refractivity (Wildman–Crippen MR) is 88.6 cm³/mol. The van der Waals surface area contributed by atoms with Crippen LogP contribution in [-0.4, -0.2) is 36.4 Å². The lowest BCUT2D eigenvalue weighted by Crippen LogP contribution is -2.46. The van der Waals surface area contributed by atoms with Crippen LogP contribution in [0.3, 0.4) is 0 Å². The zero-order valence-corrected chi connectivity index (χ0v) is 15.7. The van der Waals surface area contributed by atoms with Crippen LogP contribution in [0.2, 0.25) is 0 Å². The molecule has 130 valence electrons. The van der Waals surface area contributed by atoms with Gasteiger partial charge in [-0.1, -0.05) is 62.5 Å². The molecule has 0 radical (unpaired) electrons. The van der Waals surface area contributed by atoms with Crippen LogP contribution in [0, 0.1) is 5.41 Å². The minimum Gasteiger partial charge on any atom is -0.455 e. The number of halogens is 3. The molecule has 1 aromatic rings. The zero-order valence-electron chi connectivity index (χ0n) is 13.4. The van der Waals surface area contributed by atoms with Crippen LogP contribution in [0.4, 0.5) is 0 Å². The van der Waals surface area contributed by atoms with Crippen LogP contribution < -0.4 is 0 Å². The minimum atomic E-state index is -2.00. The van der Waals surface area contributed by atoms with E-state index in [1.54, 1.807) is 20.8 Å². The van der Waals surface area contributed by atoms with Crippen molar-refractivity contribution < 1.29 is 14.3 Å². The second-order valence-electron chi connectivity index (χ2n) is 6.14. The summed E-state index contributed by atoms with van der Waals surface area (Å²) in [5.74, 6) is -0.834. The van der Waals surface area contributed by atoms with Gasteiger partial charge >= 0.3 is 5.97 Å². The van der Waals surface area contributed by atoms with Gasteiger partial charge in [0.05, 0.1) is 0 Å². The van der Waals surface area contributed by atoms with Crippen LogP contribution in [0.1, 0.15) is 46.6 Å². The molecule has 1 rings (SSSR count). The second-order valence-corrected chi connectivity index (χ2v) is 8.51. The van der Waals surface area contributed by atoms with Crippen LogP contribution in [0.15, 0.2) is 12.7 Å². The Morgan fingerprint density at radius 1 is 1.26 bits per heavy atom. The first-order valence-corrected chi connectivity index (χ1v) is 8.26. The van der Waals surface area contributed by atoms with Crippen LogP contribution in [0.5, 0.6) is 0 Å². The van der Waals surface area contributed by atoms with E-state index in [4.69, 9.17) is 39.5 Å². The van der Waals surface area contributed by atoms with E-state index in [9.17, 15) is 9.59 Å². The number of alkyl halides is 3. The number of aromatic nitrogens is 3. The number of ether oxygens (including phenoxy) is 1. The van der Waals surface area contributed by atoms with Gasteiger partial charge in [0.25, 0.3) is 0 Å². The van der Waals surface area contributed by atoms with Gasteiger partial charge in [-0.05, 0) is 6.42 Å². The average Bonchev–Trinajstić information content (AvgIpc) is 2.89. The summed E-state index contributed by atoms with van der Waals surface area (Å²) >= 11 is 18.0. The summed E-state index contributed by atoms with van der Waals surface area (Å²) < 4.78 is 4.56. The Hall–Kier alpha value is -0.850. The molecule has 0 amide bonds. The summed E-state index contributed by atoms with van der Waals surface area (Å²) in [6.07, 6.45) is 2.00. The Balaban J connectivity index is 3.28. The second kappa shape index (κ2) is 7.81. The van der Waals surface area contributed by atoms with Crippen molar-refractivity contribution in [3.63, 3.8) is 0 Å². The Morgan fingerprint density at radius 3 is 2.26 bits per heavy atom. The molecule has 9 heteroatoms. The van der Waals surface area contributed by atoms with E-state index in [1.165, 1.54) is 17.3 Å². The van der Waals surface area contributed by atoms with Crippen molar-refractivity contribution in [1.29, 1.82) is 0 Å². The molecule has 6 nitrogen and oxygen atoms in total. The maximum absolute atomic E-state index is 12.8. The molecule has 23 heavy (non-hydrogen) atoms. The van der Waals surface area contributed by atoms with E-state index in [0.29, 0.717) is 6.42 Å². The third-order valence-corrected chi connectivity index (χ3v) is 3.70. The Bertz CT molecular complexity index is 536. The van der Waals surface area contributed by atoms with Gasteiger partial charge in [0.1, 0.15) is 12.7 Å². The molecule has 1 heterocycles. The maximum atomic E-state index is 12.8. The van der Waals surface area contributed by atoms with Gasteiger partial charge in [-0.3, -0.25) is 9.59 Å². The maximum Gasteiger partial charge on any atom is 0.306 e. The lowest BCUT2D eigenvalue weighted by molar-refractivity contribution is -0.154. The van der Waals surface area contributed by atoms with Crippen LogP contribution in [-0.2, 0) is 14.3 Å². The number of esters is 1. The van der Waals surface area contributed by atoms with Crippen molar-refractivity contribution in [2.75, 3.05) is 0 Å². The molecule has 1 aromatic heterocycles. The zero-order chi connectivity index (χ0) is 17.8. The predicted octanol–water partition coefficient (Wildman–Crippen LogP) is 3.52. The normalized spacial score (nSPS) is 15.1. The van der Waals surface area contributed by atoms with Crippen LogP contribution >= 0.6 is 34.8 Å². The first-order chi connectivity index (χ1) is 10.5. The molecule has 0 saturated heterocycles. The summed E-state index contributed by atoms with van der Waals surface area (Å²) in [6, 6.07) is -1.09. The standard InChI is InChI=1S/C14H20Cl3N3O3/c1-5-6-9(21)23-12(14(15,16)17)10(11(22)13(2,3)4)20-8-18-7-19-20/h7-8,10,12H,5-6H2,1-4H3. The molecule has 0 bridgehead atoms. The number of carbonyl (C=O) groups is 2. The molecule has 0 fully saturated rings. The molecule has 2 unspecified atom stereocenters. The fraction of sp³-hybridized carbons (Fsp3) is 0.714. The van der Waals surface area contributed by atoms with Crippen molar-refractivity contribution >= 4 is 46.6 Å². The van der Waals surface area contributed by atoms with Gasteiger partial charge in [-0.2, -0.15) is 5.10 Å². The first-order valence-electron chi connectivity index (χ1n) is 7.13. The largest absolute Gasteiger partial charge is 0.455 e. The van der Waals surface area contributed by atoms with Crippen molar-refractivity contribution in [3.05, 3.63) is 12.7 Å². The SMILES string of the molecule is CCCC(=O)OC(C(C(=O)C(C)(C)C)n1cncn1)C(Cl)(Cl)Cl. The molecular formula is C14H20Cl3N3O3. The van der Waals surface area contributed by atoms with Gasteiger partial charge in [-0.25, -0.2) is 9.67 Å². The van der Waals surface area contributed by atoms with Crippen molar-refractivity contribution in [2.24, 2.45) is 5.41 Å². The molecule has 2 atom stereocenters. The van der Waals surface area contributed by atoms with Crippen LogP contribution in [0.25, 0.3) is 0 Å². The number of hydrogen-bond donors (Lipinski definition) is 0. The lowest BCUT2D eigenvalue weighted by Gasteiger charge is -2.34. The highest BCUT2D eigenvalue weighted by Gasteiger charge is 2.48. The van der Waals surface area contributed by atoms with Gasteiger partial charge in [0.15, 0.2) is 17.9 Å². The summed E-state index contributed by atoms with van der Waals surface area (Å²) in [6.45, 7) is 6.99. The van der Waals surface area contributed by atoms with Crippen molar-refractivity contribution in [3.8, 4) is 0 Å². The smallest absolute Gasteiger partial charge is 0.306 e. The molecule has 0 aliphatic heterocycles. The number of rotatable bonds is 6. The van der Waals surface area contributed by atoms with E-state index >= 15 is 0 Å². The fourth-order valence-electron chi connectivity index (χ4n) is 1.92. The average molecular weight is 385 g/mol. The summed E-state index contributed by atoms with van der Waals surface area (Å²) in [7, 11) is 0. The minimum absolute atomic E-state index is 0.158. The van der Waals surface area contributed by atoms with Gasteiger partial charge in [-0.15, -0.1) is 0 Å². The van der Waals surface area contributed by atoms with Crippen molar-refractivity contribution in [1.82, 2.24) is 14.8 Å². The van der Waals surface area contributed by atoms with E-state index in [2.05, 4.69) is 10.1 Å². The van der Waals surface area contributed by atoms with E-state index < -0.39 is 27.3 Å². The summed E-state index contributed by atoms with van der Waals surface area (Å²) in [5, 5.41) is 3.96. The molecule has 0 aliphatic rings. The Labute approximate surface area is 150 Å².